The zero-order chi connectivity index (χ0) is 21.6. The number of anilines is 2. The molecule has 0 aromatic heterocycles. The van der Waals surface area contributed by atoms with Crippen molar-refractivity contribution in [1.29, 1.82) is 0 Å². The maximum absolute atomic E-state index is 12.7. The first-order chi connectivity index (χ1) is 14.2. The summed E-state index contributed by atoms with van der Waals surface area (Å²) in [6.07, 6.45) is 0. The predicted molar refractivity (Wildman–Crippen MR) is 110 cm³/mol. The van der Waals surface area contributed by atoms with E-state index in [1.165, 1.54) is 4.90 Å². The second-order valence-corrected chi connectivity index (χ2v) is 8.01. The number of carbonyl (C=O) groups excluding carboxylic acids is 4. The van der Waals surface area contributed by atoms with Gasteiger partial charge >= 0.3 is 0 Å². The third-order valence-electron chi connectivity index (χ3n) is 5.26. The van der Waals surface area contributed by atoms with Gasteiger partial charge in [-0.2, -0.15) is 0 Å². The fourth-order valence-electron chi connectivity index (χ4n) is 3.59. The minimum atomic E-state index is -0.678. The minimum absolute atomic E-state index is 0.101. The fourth-order valence-corrected chi connectivity index (χ4v) is 3.59. The third-order valence-corrected chi connectivity index (χ3v) is 5.26. The average molecular weight is 407 g/mol. The van der Waals surface area contributed by atoms with Gasteiger partial charge in [-0.15, -0.1) is 0 Å². The van der Waals surface area contributed by atoms with E-state index in [4.69, 9.17) is 4.74 Å². The van der Waals surface area contributed by atoms with Gasteiger partial charge in [0.15, 0.2) is 0 Å². The number of nitrogens with one attached hydrogen (secondary N) is 1. The molecule has 2 aliphatic rings. The van der Waals surface area contributed by atoms with Gasteiger partial charge in [-0.05, 0) is 44.2 Å². The van der Waals surface area contributed by atoms with E-state index in [-0.39, 0.29) is 12.5 Å². The summed E-state index contributed by atoms with van der Waals surface area (Å²) >= 11 is 0. The first-order valence-electron chi connectivity index (χ1n) is 9.49. The van der Waals surface area contributed by atoms with Gasteiger partial charge in [-0.25, -0.2) is 0 Å². The minimum Gasteiger partial charge on any atom is -0.490 e. The zero-order valence-corrected chi connectivity index (χ0v) is 16.9. The number of hydrogen-bond acceptors (Lipinski definition) is 5. The Morgan fingerprint density at radius 2 is 1.70 bits per heavy atom. The quantitative estimate of drug-likeness (QED) is 0.788. The smallest absolute Gasteiger partial charge is 0.262 e. The summed E-state index contributed by atoms with van der Waals surface area (Å²) in [4.78, 5) is 52.5. The molecule has 2 aromatic carbocycles. The van der Waals surface area contributed by atoms with Crippen LogP contribution in [0.25, 0.3) is 0 Å². The Hall–Kier alpha value is -3.68. The van der Waals surface area contributed by atoms with Crippen LogP contribution in [0.1, 0.15) is 34.6 Å². The Labute approximate surface area is 173 Å². The molecule has 2 aromatic rings. The van der Waals surface area contributed by atoms with E-state index >= 15 is 0 Å². The summed E-state index contributed by atoms with van der Waals surface area (Å²) in [6.45, 7) is 3.46. The average Bonchev–Trinajstić information content (AvgIpc) is 2.92. The molecule has 0 fully saturated rings. The summed E-state index contributed by atoms with van der Waals surface area (Å²) in [7, 11) is 1.65. The lowest BCUT2D eigenvalue weighted by atomic mass is 9.93. The van der Waals surface area contributed by atoms with Crippen LogP contribution in [-0.2, 0) is 9.59 Å². The van der Waals surface area contributed by atoms with Crippen LogP contribution in [0.4, 0.5) is 11.4 Å². The van der Waals surface area contributed by atoms with E-state index in [2.05, 4.69) is 5.32 Å². The Morgan fingerprint density at radius 3 is 2.33 bits per heavy atom. The van der Waals surface area contributed by atoms with Gasteiger partial charge in [-0.3, -0.25) is 24.1 Å². The molecule has 4 rings (SSSR count). The molecule has 2 aliphatic heterocycles. The molecule has 0 saturated carbocycles. The fraction of sp³-hybridized carbons (Fsp3) is 0.273. The van der Waals surface area contributed by atoms with Crippen LogP contribution in [0.3, 0.4) is 0 Å². The topological polar surface area (TPSA) is 96.0 Å². The summed E-state index contributed by atoms with van der Waals surface area (Å²) in [6, 6.07) is 11.4. The molecule has 0 unspecified atom stereocenters. The van der Waals surface area contributed by atoms with Crippen molar-refractivity contribution < 1.29 is 23.9 Å². The van der Waals surface area contributed by atoms with E-state index in [0.29, 0.717) is 28.3 Å². The van der Waals surface area contributed by atoms with Crippen LogP contribution < -0.4 is 15.0 Å². The molecule has 0 aliphatic carbocycles. The van der Waals surface area contributed by atoms with Crippen LogP contribution >= 0.6 is 0 Å². The number of rotatable bonds is 3. The van der Waals surface area contributed by atoms with Crippen LogP contribution in [0.5, 0.6) is 5.75 Å². The van der Waals surface area contributed by atoms with Crippen LogP contribution in [-0.4, -0.2) is 48.7 Å². The SMILES string of the molecule is CN1C(=O)C(C)(C)COc2ccc(NC(=O)CN3C(=O)c4ccccc4C3=O)cc21. The molecule has 0 saturated heterocycles. The largest absolute Gasteiger partial charge is 0.490 e. The number of hydrogen-bond donors (Lipinski definition) is 1. The standard InChI is InChI=1S/C22H21N3O5/c1-22(2)12-30-17-9-8-13(10-16(17)24(3)21(22)29)23-18(26)11-25-19(27)14-6-4-5-7-15(14)20(25)28/h4-10H,11-12H2,1-3H3,(H,23,26). The van der Waals surface area contributed by atoms with Crippen molar-refractivity contribution in [2.45, 2.75) is 13.8 Å². The Morgan fingerprint density at radius 1 is 1.07 bits per heavy atom. The summed E-state index contributed by atoms with van der Waals surface area (Å²) in [5, 5.41) is 2.68. The van der Waals surface area contributed by atoms with Gasteiger partial charge in [0.2, 0.25) is 11.8 Å². The summed E-state index contributed by atoms with van der Waals surface area (Å²) in [5.74, 6) is -1.07. The number of ether oxygens (including phenoxy) is 1. The second-order valence-electron chi connectivity index (χ2n) is 8.01. The van der Waals surface area contributed by atoms with Crippen LogP contribution in [0.2, 0.25) is 0 Å². The molecule has 30 heavy (non-hydrogen) atoms. The van der Waals surface area contributed by atoms with E-state index in [9.17, 15) is 19.2 Å². The molecule has 2 heterocycles. The number of carbonyl (C=O) groups is 4. The van der Waals surface area contributed by atoms with Crippen molar-refractivity contribution in [3.63, 3.8) is 0 Å². The van der Waals surface area contributed by atoms with Crippen molar-refractivity contribution in [1.82, 2.24) is 4.90 Å². The second kappa shape index (κ2) is 6.98. The monoisotopic (exact) mass is 407 g/mol. The van der Waals surface area contributed by atoms with Crippen molar-refractivity contribution in [2.24, 2.45) is 5.41 Å². The lowest BCUT2D eigenvalue weighted by molar-refractivity contribution is -0.127. The molecular weight excluding hydrogens is 386 g/mol. The first kappa shape index (κ1) is 19.6. The number of amides is 4. The highest BCUT2D eigenvalue weighted by atomic mass is 16.5. The molecule has 8 nitrogen and oxygen atoms in total. The van der Waals surface area contributed by atoms with Crippen molar-refractivity contribution >= 4 is 35.0 Å². The van der Waals surface area contributed by atoms with E-state index in [1.807, 2.05) is 13.8 Å². The molecular formula is C22H21N3O5. The Balaban J connectivity index is 1.51. The van der Waals surface area contributed by atoms with Crippen LogP contribution in [0.15, 0.2) is 42.5 Å². The molecule has 4 amide bonds. The zero-order valence-electron chi connectivity index (χ0n) is 16.9. The normalized spacial score (nSPS) is 17.2. The van der Waals surface area contributed by atoms with Gasteiger partial charge < -0.3 is 15.0 Å². The molecule has 0 bridgehead atoms. The maximum atomic E-state index is 12.7. The van der Waals surface area contributed by atoms with Gasteiger partial charge in [0.05, 0.1) is 22.2 Å². The lowest BCUT2D eigenvalue weighted by Gasteiger charge is -2.24. The van der Waals surface area contributed by atoms with E-state index in [0.717, 1.165) is 4.90 Å². The van der Waals surface area contributed by atoms with Crippen molar-refractivity contribution in [3.8, 4) is 5.75 Å². The number of nitrogens with zero attached hydrogens (tertiary/aromatic N) is 2. The highest BCUT2D eigenvalue weighted by Crippen LogP contribution is 2.37. The van der Waals surface area contributed by atoms with Gasteiger partial charge in [-0.1, -0.05) is 12.1 Å². The van der Waals surface area contributed by atoms with Crippen molar-refractivity contribution in [2.75, 3.05) is 30.4 Å². The maximum Gasteiger partial charge on any atom is 0.262 e. The highest BCUT2D eigenvalue weighted by Gasteiger charge is 2.37. The van der Waals surface area contributed by atoms with Gasteiger partial charge in [0, 0.05) is 12.7 Å². The lowest BCUT2D eigenvalue weighted by Crippen LogP contribution is -2.39. The number of fused-ring (bicyclic) bond motifs is 2. The van der Waals surface area contributed by atoms with Gasteiger partial charge in [0.1, 0.15) is 18.9 Å². The van der Waals surface area contributed by atoms with Crippen LogP contribution in [0, 0.1) is 5.41 Å². The summed E-state index contributed by atoms with van der Waals surface area (Å²) in [5.41, 5.74) is 0.866. The first-order valence-corrected chi connectivity index (χ1v) is 9.49. The van der Waals surface area contributed by atoms with Gasteiger partial charge in [0.25, 0.3) is 11.8 Å². The molecule has 154 valence electrons. The Kier molecular flexibility index (Phi) is 4.57. The molecule has 0 spiro atoms. The molecule has 1 N–H and O–H groups in total. The third kappa shape index (κ3) is 3.20. The number of imide groups is 1. The highest BCUT2D eigenvalue weighted by molar-refractivity contribution is 6.22. The predicted octanol–water partition coefficient (Wildman–Crippen LogP) is 2.30. The molecule has 0 radical (unpaired) electrons. The van der Waals surface area contributed by atoms with E-state index in [1.54, 1.807) is 49.5 Å². The molecule has 8 heteroatoms. The van der Waals surface area contributed by atoms with E-state index < -0.39 is 29.7 Å². The number of benzene rings is 2. The molecule has 0 atom stereocenters. The Bertz CT molecular complexity index is 1060. The van der Waals surface area contributed by atoms with Crippen molar-refractivity contribution in [3.05, 3.63) is 53.6 Å². The summed E-state index contributed by atoms with van der Waals surface area (Å²) < 4.78 is 5.76.